The Labute approximate surface area is 118 Å². The molecule has 96 valence electrons. The van der Waals surface area contributed by atoms with E-state index in [1.54, 1.807) is 0 Å². The van der Waals surface area contributed by atoms with Crippen molar-refractivity contribution in [2.24, 2.45) is 5.92 Å². The third-order valence-corrected chi connectivity index (χ3v) is 6.06. The van der Waals surface area contributed by atoms with Crippen LogP contribution in [0.3, 0.4) is 0 Å². The van der Waals surface area contributed by atoms with Crippen molar-refractivity contribution in [2.75, 3.05) is 6.54 Å². The molecule has 4 bridgehead atoms. The summed E-state index contributed by atoms with van der Waals surface area (Å²) in [6.07, 6.45) is 5.50. The molecule has 5 atom stereocenters. The van der Waals surface area contributed by atoms with Gasteiger partial charge in [-0.05, 0) is 61.8 Å². The van der Waals surface area contributed by atoms with Crippen molar-refractivity contribution in [3.63, 3.8) is 0 Å². The molecule has 0 aromatic heterocycles. The predicted octanol–water partition coefficient (Wildman–Crippen LogP) is 4.33. The number of halogens is 2. The van der Waals surface area contributed by atoms with Gasteiger partial charge in [-0.1, -0.05) is 29.3 Å². The van der Waals surface area contributed by atoms with Crippen molar-refractivity contribution in [3.05, 3.63) is 33.8 Å². The zero-order valence-electron chi connectivity index (χ0n) is 10.3. The average Bonchev–Trinajstić information content (AvgIpc) is 2.82. The maximum Gasteiger partial charge on any atom is 0.0595 e. The van der Waals surface area contributed by atoms with E-state index < -0.39 is 0 Å². The van der Waals surface area contributed by atoms with Gasteiger partial charge < -0.3 is 0 Å². The first-order valence-corrected chi connectivity index (χ1v) is 7.70. The SMILES string of the molecule is Clc1ccc([C@@H]2C[C@@H]3CC[C@@H]4[C@H]2CCN34)cc1Cl. The number of rotatable bonds is 1. The molecule has 3 saturated heterocycles. The summed E-state index contributed by atoms with van der Waals surface area (Å²) in [5.74, 6) is 1.55. The average molecular weight is 282 g/mol. The zero-order valence-corrected chi connectivity index (χ0v) is 11.8. The van der Waals surface area contributed by atoms with Crippen LogP contribution >= 0.6 is 23.2 Å². The Morgan fingerprint density at radius 1 is 1.06 bits per heavy atom. The lowest BCUT2D eigenvalue weighted by Gasteiger charge is -2.37. The minimum Gasteiger partial charge on any atom is -0.297 e. The molecule has 1 nitrogen and oxygen atoms in total. The van der Waals surface area contributed by atoms with E-state index in [4.69, 9.17) is 23.2 Å². The van der Waals surface area contributed by atoms with Crippen molar-refractivity contribution in [1.82, 2.24) is 4.90 Å². The molecule has 3 fully saturated rings. The zero-order chi connectivity index (χ0) is 12.3. The van der Waals surface area contributed by atoms with E-state index >= 15 is 0 Å². The number of nitrogens with zero attached hydrogens (tertiary/aromatic N) is 1. The van der Waals surface area contributed by atoms with Crippen LogP contribution < -0.4 is 0 Å². The highest BCUT2D eigenvalue weighted by Gasteiger charge is 2.50. The van der Waals surface area contributed by atoms with Gasteiger partial charge in [-0.25, -0.2) is 0 Å². The molecular weight excluding hydrogens is 265 g/mol. The summed E-state index contributed by atoms with van der Waals surface area (Å²) in [4.78, 5) is 2.76. The fourth-order valence-electron chi connectivity index (χ4n) is 4.58. The second-order valence-electron chi connectivity index (χ2n) is 6.00. The molecule has 3 aliphatic rings. The van der Waals surface area contributed by atoms with E-state index in [1.807, 2.05) is 6.07 Å². The molecule has 0 aliphatic carbocycles. The standard InChI is InChI=1S/C15H17Cl2N/c16-13-3-1-9(7-14(13)17)12-8-10-2-4-15-11(12)5-6-18(10)15/h1,3,7,10-12,15H,2,4-6,8H2/t10-,11-,12-,15+/m0/s1. The molecular formula is C15H17Cl2N. The summed E-state index contributed by atoms with van der Waals surface area (Å²) < 4.78 is 0. The summed E-state index contributed by atoms with van der Waals surface area (Å²) in [5, 5.41) is 1.38. The molecule has 0 saturated carbocycles. The van der Waals surface area contributed by atoms with Crippen LogP contribution in [-0.2, 0) is 0 Å². The summed E-state index contributed by atoms with van der Waals surface area (Å²) in [5.41, 5.74) is 1.41. The number of hydrogen-bond acceptors (Lipinski definition) is 1. The van der Waals surface area contributed by atoms with Gasteiger partial charge in [0.2, 0.25) is 0 Å². The highest BCUT2D eigenvalue weighted by atomic mass is 35.5. The van der Waals surface area contributed by atoms with Gasteiger partial charge in [0, 0.05) is 12.1 Å². The Kier molecular flexibility index (Phi) is 2.65. The summed E-state index contributed by atoms with van der Waals surface area (Å²) in [7, 11) is 0. The highest BCUT2D eigenvalue weighted by Crippen LogP contribution is 2.52. The fourth-order valence-corrected chi connectivity index (χ4v) is 4.89. The second-order valence-corrected chi connectivity index (χ2v) is 6.82. The topological polar surface area (TPSA) is 3.24 Å². The quantitative estimate of drug-likeness (QED) is 0.741. The molecule has 1 aromatic carbocycles. The van der Waals surface area contributed by atoms with Crippen molar-refractivity contribution >= 4 is 23.2 Å². The van der Waals surface area contributed by atoms with Crippen molar-refractivity contribution in [1.29, 1.82) is 0 Å². The van der Waals surface area contributed by atoms with E-state index in [2.05, 4.69) is 17.0 Å². The van der Waals surface area contributed by atoms with E-state index in [0.29, 0.717) is 16.0 Å². The molecule has 1 unspecified atom stereocenters. The lowest BCUT2D eigenvalue weighted by atomic mass is 9.78. The summed E-state index contributed by atoms with van der Waals surface area (Å²) in [6.45, 7) is 1.32. The van der Waals surface area contributed by atoms with Gasteiger partial charge in [0.25, 0.3) is 0 Å². The van der Waals surface area contributed by atoms with Gasteiger partial charge in [0.15, 0.2) is 0 Å². The molecule has 3 heteroatoms. The summed E-state index contributed by atoms with van der Waals surface area (Å²) >= 11 is 12.2. The Morgan fingerprint density at radius 3 is 2.78 bits per heavy atom. The molecule has 0 spiro atoms. The fraction of sp³-hybridized carbons (Fsp3) is 0.600. The molecule has 3 heterocycles. The van der Waals surface area contributed by atoms with Gasteiger partial charge in [0.1, 0.15) is 0 Å². The first-order valence-electron chi connectivity index (χ1n) is 6.95. The largest absolute Gasteiger partial charge is 0.297 e. The Morgan fingerprint density at radius 2 is 1.94 bits per heavy atom. The van der Waals surface area contributed by atoms with Crippen LogP contribution in [0.25, 0.3) is 0 Å². The maximum absolute atomic E-state index is 6.18. The molecule has 1 aromatic rings. The normalized spacial score (nSPS) is 41.3. The minimum atomic E-state index is 0.673. The van der Waals surface area contributed by atoms with Crippen LogP contribution in [0.2, 0.25) is 10.0 Å². The third kappa shape index (κ3) is 1.57. The molecule has 0 N–H and O–H groups in total. The van der Waals surface area contributed by atoms with Gasteiger partial charge >= 0.3 is 0 Å². The molecule has 3 aliphatic heterocycles. The molecule has 0 amide bonds. The number of piperidine rings is 1. The van der Waals surface area contributed by atoms with Gasteiger partial charge in [-0.3, -0.25) is 4.90 Å². The Hall–Kier alpha value is -0.240. The second kappa shape index (κ2) is 4.13. The van der Waals surface area contributed by atoms with E-state index in [0.717, 1.165) is 18.0 Å². The van der Waals surface area contributed by atoms with E-state index in [1.165, 1.54) is 37.8 Å². The number of benzene rings is 1. The first-order chi connectivity index (χ1) is 8.74. The van der Waals surface area contributed by atoms with Crippen LogP contribution in [0, 0.1) is 5.92 Å². The monoisotopic (exact) mass is 281 g/mol. The molecule has 0 radical (unpaired) electrons. The van der Waals surface area contributed by atoms with Crippen LogP contribution in [0.5, 0.6) is 0 Å². The lowest BCUT2D eigenvalue weighted by Crippen LogP contribution is -2.40. The number of hydrogen-bond donors (Lipinski definition) is 0. The van der Waals surface area contributed by atoms with Crippen molar-refractivity contribution in [2.45, 2.75) is 43.7 Å². The lowest BCUT2D eigenvalue weighted by molar-refractivity contribution is 0.152. The van der Waals surface area contributed by atoms with Crippen LogP contribution in [0.4, 0.5) is 0 Å². The van der Waals surface area contributed by atoms with Crippen molar-refractivity contribution in [3.8, 4) is 0 Å². The molecule has 18 heavy (non-hydrogen) atoms. The molecule has 4 rings (SSSR count). The Balaban J connectivity index is 1.70. The van der Waals surface area contributed by atoms with Crippen LogP contribution in [-0.4, -0.2) is 23.5 Å². The highest BCUT2D eigenvalue weighted by molar-refractivity contribution is 6.42. The van der Waals surface area contributed by atoms with Gasteiger partial charge in [-0.2, -0.15) is 0 Å². The van der Waals surface area contributed by atoms with Crippen LogP contribution in [0.1, 0.15) is 37.2 Å². The summed E-state index contributed by atoms with van der Waals surface area (Å²) in [6, 6.07) is 7.92. The smallest absolute Gasteiger partial charge is 0.0595 e. The van der Waals surface area contributed by atoms with Crippen LogP contribution in [0.15, 0.2) is 18.2 Å². The van der Waals surface area contributed by atoms with Crippen molar-refractivity contribution < 1.29 is 0 Å². The Bertz CT molecular complexity index is 487. The van der Waals surface area contributed by atoms with Gasteiger partial charge in [-0.15, -0.1) is 0 Å². The first kappa shape index (κ1) is 11.6. The minimum absolute atomic E-state index is 0.673. The maximum atomic E-state index is 6.18. The van der Waals surface area contributed by atoms with E-state index in [-0.39, 0.29) is 0 Å². The van der Waals surface area contributed by atoms with E-state index in [9.17, 15) is 0 Å². The predicted molar refractivity (Wildman–Crippen MR) is 75.4 cm³/mol. The van der Waals surface area contributed by atoms with Gasteiger partial charge in [0.05, 0.1) is 10.0 Å². The third-order valence-electron chi connectivity index (χ3n) is 5.32.